The van der Waals surface area contributed by atoms with Crippen LogP contribution in [0.1, 0.15) is 18.9 Å². The number of hydrogen-bond donors (Lipinski definition) is 1. The summed E-state index contributed by atoms with van der Waals surface area (Å²) in [5, 5.41) is 9.81. The second kappa shape index (κ2) is 5.72. The molecule has 2 atom stereocenters. The van der Waals surface area contributed by atoms with E-state index in [1.807, 2.05) is 29.2 Å². The normalized spacial score (nSPS) is 24.4. The van der Waals surface area contributed by atoms with Gasteiger partial charge in [0.1, 0.15) is 11.7 Å². The van der Waals surface area contributed by atoms with Crippen LogP contribution in [0.4, 0.5) is 0 Å². The van der Waals surface area contributed by atoms with Gasteiger partial charge in [0.25, 0.3) is 0 Å². The summed E-state index contributed by atoms with van der Waals surface area (Å²) >= 11 is 6.11. The lowest BCUT2D eigenvalue weighted by molar-refractivity contribution is -0.151. The number of piperidine rings is 1. The molecule has 1 N–H and O–H groups in total. The van der Waals surface area contributed by atoms with Crippen LogP contribution in [0.25, 0.3) is 0 Å². The van der Waals surface area contributed by atoms with Gasteiger partial charge in [0.05, 0.1) is 0 Å². The maximum Gasteiger partial charge on any atom is 0.315 e. The molecule has 0 saturated carbocycles. The Hall–Kier alpha value is -1.39. The third-order valence-electron chi connectivity index (χ3n) is 3.65. The first-order valence-corrected chi connectivity index (χ1v) is 6.61. The minimum absolute atomic E-state index is 0.185. The number of benzene rings is 1. The monoisotopic (exact) mass is 281 g/mol. The van der Waals surface area contributed by atoms with Gasteiger partial charge in [-0.15, -0.1) is 0 Å². The molecule has 0 amide bonds. The summed E-state index contributed by atoms with van der Waals surface area (Å²) in [7, 11) is 0. The molecule has 2 rings (SSSR count). The number of aliphatic carboxylic acids is 1. The average Bonchev–Trinajstić information content (AvgIpc) is 2.35. The minimum atomic E-state index is -1.04. The maximum absolute atomic E-state index is 11.7. The van der Waals surface area contributed by atoms with Gasteiger partial charge < -0.3 is 5.11 Å². The summed E-state index contributed by atoms with van der Waals surface area (Å²) in [6, 6.07) is 7.17. The number of carbonyl (C=O) groups is 2. The van der Waals surface area contributed by atoms with Gasteiger partial charge in [-0.25, -0.2) is 0 Å². The van der Waals surface area contributed by atoms with E-state index in [9.17, 15) is 9.59 Å². The Morgan fingerprint density at radius 3 is 2.79 bits per heavy atom. The van der Waals surface area contributed by atoms with Gasteiger partial charge in [-0.2, -0.15) is 0 Å². The minimum Gasteiger partial charge on any atom is -0.481 e. The molecule has 1 aliphatic heterocycles. The van der Waals surface area contributed by atoms with Gasteiger partial charge >= 0.3 is 5.97 Å². The van der Waals surface area contributed by atoms with Gasteiger partial charge in [0.15, 0.2) is 0 Å². The number of ketones is 1. The van der Waals surface area contributed by atoms with Crippen LogP contribution in [0.5, 0.6) is 0 Å². The number of hydrogen-bond acceptors (Lipinski definition) is 3. The summed E-state index contributed by atoms with van der Waals surface area (Å²) in [6.45, 7) is 2.93. The number of carboxylic acids is 1. The predicted octanol–water partition coefficient (Wildman–Crippen LogP) is 2.20. The largest absolute Gasteiger partial charge is 0.481 e. The molecule has 0 spiro atoms. The van der Waals surface area contributed by atoms with Gasteiger partial charge in [-0.3, -0.25) is 14.5 Å². The highest BCUT2D eigenvalue weighted by atomic mass is 35.5. The Labute approximate surface area is 117 Å². The van der Waals surface area contributed by atoms with Crippen molar-refractivity contribution in [2.45, 2.75) is 25.9 Å². The fraction of sp³-hybridized carbons (Fsp3) is 0.429. The quantitative estimate of drug-likeness (QED) is 0.863. The van der Waals surface area contributed by atoms with E-state index in [1.54, 1.807) is 6.92 Å². The van der Waals surface area contributed by atoms with Crippen molar-refractivity contribution >= 4 is 23.4 Å². The fourth-order valence-corrected chi connectivity index (χ4v) is 2.70. The van der Waals surface area contributed by atoms with Gasteiger partial charge in [-0.05, 0) is 18.6 Å². The van der Waals surface area contributed by atoms with E-state index >= 15 is 0 Å². The molecule has 1 saturated heterocycles. The molecule has 102 valence electrons. The highest BCUT2D eigenvalue weighted by molar-refractivity contribution is 6.31. The van der Waals surface area contributed by atoms with Crippen LogP contribution in [0.2, 0.25) is 5.02 Å². The van der Waals surface area contributed by atoms with Crippen molar-refractivity contribution < 1.29 is 14.7 Å². The Kier molecular flexibility index (Phi) is 4.22. The Morgan fingerprint density at radius 1 is 1.47 bits per heavy atom. The molecule has 0 bridgehead atoms. The van der Waals surface area contributed by atoms with Crippen LogP contribution in [-0.4, -0.2) is 34.3 Å². The van der Waals surface area contributed by atoms with Crippen LogP contribution in [0, 0.1) is 5.92 Å². The smallest absolute Gasteiger partial charge is 0.315 e. The van der Waals surface area contributed by atoms with Crippen molar-refractivity contribution in [3.8, 4) is 0 Å². The number of carbonyl (C=O) groups excluding carboxylic acids is 1. The van der Waals surface area contributed by atoms with E-state index < -0.39 is 11.9 Å². The van der Waals surface area contributed by atoms with Crippen molar-refractivity contribution in [2.24, 2.45) is 5.92 Å². The van der Waals surface area contributed by atoms with E-state index in [0.717, 1.165) is 5.56 Å². The lowest BCUT2D eigenvalue weighted by Crippen LogP contribution is -2.50. The number of carboxylic acid groups (broad SMARTS) is 1. The zero-order valence-electron chi connectivity index (χ0n) is 10.7. The number of nitrogens with zero attached hydrogens (tertiary/aromatic N) is 1. The van der Waals surface area contributed by atoms with Crippen LogP contribution in [-0.2, 0) is 16.1 Å². The zero-order valence-corrected chi connectivity index (χ0v) is 11.4. The summed E-state index contributed by atoms with van der Waals surface area (Å²) in [4.78, 5) is 24.8. The van der Waals surface area contributed by atoms with Crippen molar-refractivity contribution in [2.75, 3.05) is 6.54 Å². The summed E-state index contributed by atoms with van der Waals surface area (Å²) in [6.07, 6.45) is 0.283. The van der Waals surface area contributed by atoms with Crippen LogP contribution in [0.3, 0.4) is 0 Å². The molecule has 4 nitrogen and oxygen atoms in total. The van der Waals surface area contributed by atoms with Gasteiger partial charge in [-0.1, -0.05) is 29.8 Å². The number of likely N-dealkylation sites (tertiary alicyclic amines) is 1. The molecule has 1 fully saturated rings. The van der Waals surface area contributed by atoms with Crippen LogP contribution in [0.15, 0.2) is 24.3 Å². The van der Waals surface area contributed by atoms with E-state index in [0.29, 0.717) is 18.1 Å². The molecule has 19 heavy (non-hydrogen) atoms. The van der Waals surface area contributed by atoms with Crippen LogP contribution >= 0.6 is 11.6 Å². The molecule has 1 aliphatic rings. The lowest BCUT2D eigenvalue weighted by atomic mass is 9.88. The third kappa shape index (κ3) is 2.96. The summed E-state index contributed by atoms with van der Waals surface area (Å²) < 4.78 is 0. The first kappa shape index (κ1) is 14.0. The van der Waals surface area contributed by atoms with E-state index in [2.05, 4.69) is 0 Å². The summed E-state index contributed by atoms with van der Waals surface area (Å²) in [5.41, 5.74) is 0.953. The van der Waals surface area contributed by atoms with Crippen molar-refractivity contribution in [1.82, 2.24) is 4.90 Å². The van der Waals surface area contributed by atoms with Crippen molar-refractivity contribution in [3.05, 3.63) is 34.9 Å². The molecule has 0 radical (unpaired) electrons. The highest BCUT2D eigenvalue weighted by Crippen LogP contribution is 2.25. The van der Waals surface area contributed by atoms with E-state index in [4.69, 9.17) is 16.7 Å². The molecule has 5 heteroatoms. The molecule has 1 aromatic rings. The van der Waals surface area contributed by atoms with E-state index in [1.165, 1.54) is 0 Å². The zero-order chi connectivity index (χ0) is 14.0. The highest BCUT2D eigenvalue weighted by Gasteiger charge is 2.39. The van der Waals surface area contributed by atoms with Gasteiger partial charge in [0, 0.05) is 30.6 Å². The molecule has 1 heterocycles. The Balaban J connectivity index is 2.15. The van der Waals surface area contributed by atoms with Crippen LogP contribution < -0.4 is 0 Å². The predicted molar refractivity (Wildman–Crippen MR) is 72.1 cm³/mol. The number of Topliss-reactive ketones (excluding diaryl/α,β-unsaturated/α-hetero) is 1. The Bertz CT molecular complexity index is 503. The standard InChI is InChI=1S/C14H16ClNO3/c1-9-13(14(18)19)12(17)6-7-16(9)8-10-4-2-3-5-11(10)15/h2-5,9,13H,6-8H2,1H3,(H,18,19). The SMILES string of the molecule is CC1C(C(=O)O)C(=O)CCN1Cc1ccccc1Cl. The summed E-state index contributed by atoms with van der Waals surface area (Å²) in [5.74, 6) is -2.16. The molecule has 1 aromatic carbocycles. The third-order valence-corrected chi connectivity index (χ3v) is 4.02. The topological polar surface area (TPSA) is 57.6 Å². The molecular formula is C14H16ClNO3. The first-order valence-electron chi connectivity index (χ1n) is 6.23. The molecule has 0 aliphatic carbocycles. The van der Waals surface area contributed by atoms with Crippen molar-refractivity contribution in [3.63, 3.8) is 0 Å². The van der Waals surface area contributed by atoms with Crippen molar-refractivity contribution in [1.29, 1.82) is 0 Å². The second-order valence-electron chi connectivity index (χ2n) is 4.83. The Morgan fingerprint density at radius 2 is 2.16 bits per heavy atom. The second-order valence-corrected chi connectivity index (χ2v) is 5.24. The number of rotatable bonds is 3. The molecule has 2 unspecified atom stereocenters. The van der Waals surface area contributed by atoms with Gasteiger partial charge in [0.2, 0.25) is 0 Å². The average molecular weight is 282 g/mol. The fourth-order valence-electron chi connectivity index (χ4n) is 2.51. The lowest BCUT2D eigenvalue weighted by Gasteiger charge is -2.36. The van der Waals surface area contributed by atoms with E-state index in [-0.39, 0.29) is 18.2 Å². The molecule has 0 aromatic heterocycles. The molecular weight excluding hydrogens is 266 g/mol. The number of halogens is 1. The first-order chi connectivity index (χ1) is 9.00. The maximum atomic E-state index is 11.7.